The van der Waals surface area contributed by atoms with Crippen LogP contribution in [0.3, 0.4) is 0 Å². The van der Waals surface area contributed by atoms with E-state index in [1.54, 1.807) is 19.9 Å². The zero-order valence-electron chi connectivity index (χ0n) is 22.8. The molecule has 0 aliphatic carbocycles. The summed E-state index contributed by atoms with van der Waals surface area (Å²) in [6.45, 7) is 5.55. The molecule has 0 spiro atoms. The summed E-state index contributed by atoms with van der Waals surface area (Å²) < 4.78 is 37.9. The van der Waals surface area contributed by atoms with Crippen LogP contribution in [0, 0.1) is 17.2 Å². The number of carbonyl (C=O) groups excluding carboxylic acids is 1. The lowest BCUT2D eigenvalue weighted by Gasteiger charge is -2.33. The number of nitriles is 1. The third-order valence-corrected chi connectivity index (χ3v) is 8.99. The van der Waals surface area contributed by atoms with Crippen LogP contribution in [-0.4, -0.2) is 67.5 Å². The van der Waals surface area contributed by atoms with Crippen LogP contribution in [0.2, 0.25) is 5.02 Å². The van der Waals surface area contributed by atoms with Crippen molar-refractivity contribution < 1.29 is 38.1 Å². The van der Waals surface area contributed by atoms with Crippen LogP contribution >= 0.6 is 19.2 Å². The summed E-state index contributed by atoms with van der Waals surface area (Å²) in [5, 5.41) is 37.3. The van der Waals surface area contributed by atoms with Crippen molar-refractivity contribution in [3.63, 3.8) is 0 Å². The molecule has 220 valence electrons. The minimum Gasteiger partial charge on any atom is -0.463 e. The number of aliphatic hydroxyl groups excluding tert-OH is 1. The van der Waals surface area contributed by atoms with E-state index in [0.29, 0.717) is 10.5 Å². The molecule has 0 saturated carbocycles. The largest absolute Gasteiger partial charge is 0.463 e. The molecule has 15 heteroatoms. The van der Waals surface area contributed by atoms with Gasteiger partial charge in [0.25, 0.3) is 0 Å². The molecule has 0 radical (unpaired) electrons. The summed E-state index contributed by atoms with van der Waals surface area (Å²) >= 11 is 5.95. The first-order valence-electron chi connectivity index (χ1n) is 12.7. The molecule has 1 aromatic carbocycles. The van der Waals surface area contributed by atoms with Crippen LogP contribution in [0.4, 0.5) is 5.82 Å². The average molecular weight is 608 g/mol. The number of hydrogen-bond donors (Lipinski definition) is 3. The molecule has 1 saturated heterocycles. The van der Waals surface area contributed by atoms with Crippen molar-refractivity contribution in [1.29, 1.82) is 5.26 Å². The van der Waals surface area contributed by atoms with Gasteiger partial charge in [0, 0.05) is 5.02 Å². The Balaban J connectivity index is 1.62. The van der Waals surface area contributed by atoms with Crippen LogP contribution in [0.15, 0.2) is 42.7 Å². The molecule has 13 nitrogen and oxygen atoms in total. The molecule has 3 heterocycles. The van der Waals surface area contributed by atoms with Gasteiger partial charge >= 0.3 is 13.6 Å². The van der Waals surface area contributed by atoms with Crippen LogP contribution in [0.1, 0.15) is 33.4 Å². The Labute approximate surface area is 241 Å². The average Bonchev–Trinajstić information content (AvgIpc) is 3.42. The molecule has 4 N–H and O–H groups in total. The second-order valence-corrected chi connectivity index (χ2v) is 12.7. The van der Waals surface area contributed by atoms with Crippen molar-refractivity contribution in [1.82, 2.24) is 14.6 Å². The number of nitrogen functional groups attached to an aromatic ring is 1. The van der Waals surface area contributed by atoms with Crippen molar-refractivity contribution >= 4 is 36.5 Å². The number of aromatic nitrogens is 3. The van der Waals surface area contributed by atoms with Crippen molar-refractivity contribution in [2.45, 2.75) is 57.2 Å². The monoisotopic (exact) mass is 607 g/mol. The quantitative estimate of drug-likeness (QED) is 0.226. The highest BCUT2D eigenvalue weighted by Crippen LogP contribution is 2.52. The van der Waals surface area contributed by atoms with Crippen LogP contribution in [-0.2, 0) is 29.0 Å². The van der Waals surface area contributed by atoms with E-state index in [1.807, 2.05) is 6.07 Å². The molecule has 6 atom stereocenters. The lowest BCUT2D eigenvalue weighted by Crippen LogP contribution is -2.52. The number of ether oxygens (including phenoxy) is 2. The number of hydrogen-bond acceptors (Lipinski definition) is 12. The molecule has 1 aliphatic heterocycles. The van der Waals surface area contributed by atoms with Gasteiger partial charge in [-0.1, -0.05) is 18.5 Å². The Hall–Kier alpha value is -3.24. The van der Waals surface area contributed by atoms with Gasteiger partial charge in [-0.15, -0.1) is 0 Å². The Bertz CT molecular complexity index is 1510. The molecule has 3 aromatic rings. The predicted molar refractivity (Wildman–Crippen MR) is 147 cm³/mol. The molecule has 0 bridgehead atoms. The Morgan fingerprint density at radius 2 is 1.98 bits per heavy atom. The number of nitrogens with two attached hydrogens (primary N) is 1. The van der Waals surface area contributed by atoms with Crippen LogP contribution in [0.25, 0.3) is 5.52 Å². The van der Waals surface area contributed by atoms with Crippen molar-refractivity contribution in [3.05, 3.63) is 53.4 Å². The lowest BCUT2D eigenvalue weighted by atomic mass is 9.80. The fourth-order valence-corrected chi connectivity index (χ4v) is 6.56. The first kappa shape index (κ1) is 30.7. The van der Waals surface area contributed by atoms with Crippen molar-refractivity contribution in [2.24, 2.45) is 5.92 Å². The fraction of sp³-hybridized carbons (Fsp3) is 0.462. The van der Waals surface area contributed by atoms with Gasteiger partial charge in [0.1, 0.15) is 41.5 Å². The third-order valence-electron chi connectivity index (χ3n) is 6.71. The van der Waals surface area contributed by atoms with E-state index in [9.17, 15) is 24.8 Å². The summed E-state index contributed by atoms with van der Waals surface area (Å²) in [5.41, 5.74) is 2.04. The van der Waals surface area contributed by atoms with Crippen LogP contribution in [0.5, 0.6) is 5.75 Å². The number of esters is 1. The maximum absolute atomic E-state index is 14.0. The fourth-order valence-electron chi connectivity index (χ4n) is 4.56. The van der Waals surface area contributed by atoms with Crippen molar-refractivity contribution in [3.8, 4) is 11.8 Å². The molecule has 0 amide bonds. The summed E-state index contributed by atoms with van der Waals surface area (Å²) in [6, 6.07) is 11.0. The first-order chi connectivity index (χ1) is 19.2. The lowest BCUT2D eigenvalue weighted by molar-refractivity contribution is -0.151. The van der Waals surface area contributed by atoms with Gasteiger partial charge in [0.05, 0.1) is 30.5 Å². The van der Waals surface area contributed by atoms with Gasteiger partial charge in [-0.25, -0.2) is 14.1 Å². The number of aliphatic hydroxyl groups is 2. The van der Waals surface area contributed by atoms with E-state index < -0.39 is 55.6 Å². The number of benzene rings is 1. The van der Waals surface area contributed by atoms with Crippen molar-refractivity contribution in [2.75, 3.05) is 18.5 Å². The molecule has 2 aromatic heterocycles. The SMILES string of the molecule is CC(C)OC(=O)[C@H](C)CP(=O)(OC[C@H]1O[C@@](C#N)(c2ccc3c(N)ncnn23)[C@](C)(O)[C@@H]1O)Oc1ccc(Cl)cc1. The highest BCUT2D eigenvalue weighted by Gasteiger charge is 2.65. The maximum Gasteiger partial charge on any atom is 0.380 e. The number of carbonyl (C=O) groups is 1. The zero-order valence-corrected chi connectivity index (χ0v) is 24.5. The van der Waals surface area contributed by atoms with E-state index in [1.165, 1.54) is 55.0 Å². The minimum atomic E-state index is -4.13. The van der Waals surface area contributed by atoms with Crippen LogP contribution < -0.4 is 10.3 Å². The number of anilines is 1. The molecular formula is C26H31ClN5O8P. The number of halogens is 1. The van der Waals surface area contributed by atoms with Gasteiger partial charge in [-0.2, -0.15) is 10.4 Å². The second-order valence-electron chi connectivity index (χ2n) is 10.2. The smallest absolute Gasteiger partial charge is 0.380 e. The third kappa shape index (κ3) is 5.90. The minimum absolute atomic E-state index is 0.0845. The number of nitrogens with zero attached hydrogens (tertiary/aromatic N) is 4. The van der Waals surface area contributed by atoms with Gasteiger partial charge < -0.3 is 29.9 Å². The highest BCUT2D eigenvalue weighted by atomic mass is 35.5. The molecular weight excluding hydrogens is 577 g/mol. The van der Waals surface area contributed by atoms with E-state index in [-0.39, 0.29) is 23.4 Å². The molecule has 4 rings (SSSR count). The topological polar surface area (TPSA) is 192 Å². The molecule has 41 heavy (non-hydrogen) atoms. The van der Waals surface area contributed by atoms with E-state index in [0.717, 1.165) is 0 Å². The molecule has 1 unspecified atom stereocenters. The Kier molecular flexibility index (Phi) is 8.66. The van der Waals surface area contributed by atoms with E-state index >= 15 is 0 Å². The summed E-state index contributed by atoms with van der Waals surface area (Å²) in [6.07, 6.45) is -2.62. The summed E-state index contributed by atoms with van der Waals surface area (Å²) in [7, 11) is -4.13. The second kappa shape index (κ2) is 11.6. The first-order valence-corrected chi connectivity index (χ1v) is 14.8. The molecule has 1 fully saturated rings. The summed E-state index contributed by atoms with van der Waals surface area (Å²) in [5.74, 6) is -1.20. The van der Waals surface area contributed by atoms with Gasteiger partial charge in [0.15, 0.2) is 5.82 Å². The van der Waals surface area contributed by atoms with E-state index in [4.69, 9.17) is 35.9 Å². The van der Waals surface area contributed by atoms with Gasteiger partial charge in [-0.3, -0.25) is 9.32 Å². The number of fused-ring (bicyclic) bond motifs is 1. The summed E-state index contributed by atoms with van der Waals surface area (Å²) in [4.78, 5) is 16.4. The highest BCUT2D eigenvalue weighted by molar-refractivity contribution is 7.54. The van der Waals surface area contributed by atoms with E-state index in [2.05, 4.69) is 10.1 Å². The number of rotatable bonds is 10. The Morgan fingerprint density at radius 3 is 2.61 bits per heavy atom. The zero-order chi connectivity index (χ0) is 30.2. The predicted octanol–water partition coefficient (Wildman–Crippen LogP) is 3.07. The normalized spacial score (nSPS) is 26.4. The van der Waals surface area contributed by atoms with Gasteiger partial charge in [-0.05, 0) is 57.2 Å². The van der Waals surface area contributed by atoms with Gasteiger partial charge in [0.2, 0.25) is 5.60 Å². The maximum atomic E-state index is 14.0. The molecule has 1 aliphatic rings. The standard InChI is InChI=1S/C26H31ClN5O8P/c1-15(2)38-24(34)16(3)12-41(36,40-18-7-5-17(27)6-8-18)37-11-20-22(33)25(4,35)26(13-28,39-20)21-10-9-19-23(29)30-14-31-32(19)21/h5-10,14-16,20,22,33,35H,11-12H2,1-4H3,(H2,29,30,31)/t16-,20-,22-,25-,26+,41?/m1/s1. The Morgan fingerprint density at radius 1 is 1.29 bits per heavy atom.